The van der Waals surface area contributed by atoms with Crippen molar-refractivity contribution in [2.45, 2.75) is 91.9 Å². The molecule has 0 radical (unpaired) electrons. The highest BCUT2D eigenvalue weighted by Crippen LogP contribution is 2.45. The van der Waals surface area contributed by atoms with Crippen molar-refractivity contribution in [2.24, 2.45) is 5.41 Å². The molecule has 0 saturated carbocycles. The van der Waals surface area contributed by atoms with Gasteiger partial charge in [-0.15, -0.1) is 0 Å². The molecule has 0 bridgehead atoms. The minimum absolute atomic E-state index is 0.0791. The number of benzene rings is 4. The highest BCUT2D eigenvalue weighted by molar-refractivity contribution is 5.88. The van der Waals surface area contributed by atoms with E-state index in [1.54, 1.807) is 0 Å². The first-order valence-corrected chi connectivity index (χ1v) is 16.8. The standard InChI is InChI=1S/C45H50/c1-11-45(25-24-34(29-45)43(5,6)7)41-37-27-32-26-33(42(2,3)4)22-23-35(32)36(37)28-38(40(41)44(8,9)10)39(30-18-14-12-15-19-30)31-20-16-13-17-21-31/h12-29H,11H2,1-10H3. The van der Waals surface area contributed by atoms with E-state index in [0.717, 1.165) is 6.42 Å². The van der Waals surface area contributed by atoms with Crippen LogP contribution in [0.3, 0.4) is 0 Å². The molecule has 0 nitrogen and oxygen atoms in total. The maximum absolute atomic E-state index is 2.60. The van der Waals surface area contributed by atoms with Gasteiger partial charge < -0.3 is 0 Å². The summed E-state index contributed by atoms with van der Waals surface area (Å²) in [7, 11) is 0. The van der Waals surface area contributed by atoms with Gasteiger partial charge >= 0.3 is 0 Å². The van der Waals surface area contributed by atoms with Crippen LogP contribution in [0.15, 0.2) is 109 Å². The van der Waals surface area contributed by atoms with E-state index in [4.69, 9.17) is 0 Å². The van der Waals surface area contributed by atoms with Crippen LogP contribution in [0.5, 0.6) is 0 Å². The topological polar surface area (TPSA) is 0 Å². The van der Waals surface area contributed by atoms with Gasteiger partial charge in [0.05, 0.1) is 0 Å². The lowest BCUT2D eigenvalue weighted by atomic mass is 9.68. The second-order valence-electron chi connectivity index (χ2n) is 16.3. The third kappa shape index (κ3) is 5.48. The van der Waals surface area contributed by atoms with Gasteiger partial charge in [0.15, 0.2) is 0 Å². The molecule has 2 aliphatic carbocycles. The largest absolute Gasteiger partial charge is 0.0699 e. The molecule has 0 N–H and O–H groups in total. The average Bonchev–Trinajstić information content (AvgIpc) is 3.59. The van der Waals surface area contributed by atoms with Gasteiger partial charge in [0.2, 0.25) is 0 Å². The van der Waals surface area contributed by atoms with Crippen LogP contribution in [0.1, 0.15) is 109 Å². The van der Waals surface area contributed by atoms with E-state index in [0.29, 0.717) is 0 Å². The van der Waals surface area contributed by atoms with Crippen LogP contribution in [0.25, 0.3) is 22.8 Å². The third-order valence-corrected chi connectivity index (χ3v) is 9.91. The Kier molecular flexibility index (Phi) is 7.51. The Balaban J connectivity index is 1.87. The molecule has 0 aromatic heterocycles. The summed E-state index contributed by atoms with van der Waals surface area (Å²) >= 11 is 0. The van der Waals surface area contributed by atoms with Crippen LogP contribution >= 0.6 is 0 Å². The van der Waals surface area contributed by atoms with Crippen LogP contribution in [0.2, 0.25) is 0 Å². The third-order valence-electron chi connectivity index (χ3n) is 9.91. The first-order chi connectivity index (χ1) is 21.1. The molecular formula is C45H50. The summed E-state index contributed by atoms with van der Waals surface area (Å²) in [4.78, 5) is 0. The summed E-state index contributed by atoms with van der Waals surface area (Å²) in [6, 6.07) is 31.7. The summed E-state index contributed by atoms with van der Waals surface area (Å²) in [6.07, 6.45) is 11.0. The van der Waals surface area contributed by atoms with Gasteiger partial charge in [0.1, 0.15) is 0 Å². The Morgan fingerprint density at radius 1 is 0.644 bits per heavy atom. The molecule has 0 amide bonds. The van der Waals surface area contributed by atoms with Crippen molar-refractivity contribution in [1.82, 2.24) is 0 Å². The first-order valence-electron chi connectivity index (χ1n) is 16.8. The highest BCUT2D eigenvalue weighted by atomic mass is 14.4. The van der Waals surface area contributed by atoms with E-state index in [-0.39, 0.29) is 21.7 Å². The fourth-order valence-electron chi connectivity index (χ4n) is 7.40. The summed E-state index contributed by atoms with van der Waals surface area (Å²) in [5.41, 5.74) is 13.4. The van der Waals surface area contributed by atoms with E-state index < -0.39 is 0 Å². The SMILES string of the molecule is CCC1(c2c(C(C)(C)C)c(=C(c3ccccc3)c3ccccc3)cc3c2=Cc2cc(C(C)(C)C)ccc2-3)C=CC(C(C)(C)C)=C1. The Morgan fingerprint density at radius 3 is 1.73 bits per heavy atom. The van der Waals surface area contributed by atoms with Crippen LogP contribution < -0.4 is 10.4 Å². The monoisotopic (exact) mass is 590 g/mol. The van der Waals surface area contributed by atoms with E-state index in [2.05, 4.69) is 178 Å². The van der Waals surface area contributed by atoms with Gasteiger partial charge in [0, 0.05) is 5.41 Å². The number of allylic oxidation sites excluding steroid dienone is 4. The zero-order chi connectivity index (χ0) is 32.4. The second-order valence-corrected chi connectivity index (χ2v) is 16.3. The van der Waals surface area contributed by atoms with E-state index in [1.807, 2.05) is 0 Å². The van der Waals surface area contributed by atoms with Gasteiger partial charge in [-0.3, -0.25) is 0 Å². The van der Waals surface area contributed by atoms with Crippen molar-refractivity contribution in [3.8, 4) is 11.1 Å². The molecule has 0 heterocycles. The zero-order valence-electron chi connectivity index (χ0n) is 29.1. The van der Waals surface area contributed by atoms with Gasteiger partial charge in [0.25, 0.3) is 0 Å². The minimum atomic E-state index is -0.199. The maximum Gasteiger partial charge on any atom is 0.0327 e. The fraction of sp³-hybridized carbons (Fsp3) is 0.333. The van der Waals surface area contributed by atoms with Crippen molar-refractivity contribution in [3.05, 3.63) is 153 Å². The lowest BCUT2D eigenvalue weighted by molar-refractivity contribution is 0.509. The predicted octanol–water partition coefficient (Wildman–Crippen LogP) is 10.5. The lowest BCUT2D eigenvalue weighted by Crippen LogP contribution is -2.39. The van der Waals surface area contributed by atoms with Gasteiger partial charge in [-0.1, -0.05) is 166 Å². The molecule has 230 valence electrons. The average molecular weight is 591 g/mol. The van der Waals surface area contributed by atoms with Gasteiger partial charge in [-0.25, -0.2) is 0 Å². The zero-order valence-corrected chi connectivity index (χ0v) is 29.1. The summed E-state index contributed by atoms with van der Waals surface area (Å²) in [5, 5.41) is 2.73. The van der Waals surface area contributed by atoms with Crippen molar-refractivity contribution < 1.29 is 0 Å². The Labute approximate surface area is 271 Å². The molecule has 0 fully saturated rings. The number of hydrogen-bond acceptors (Lipinski definition) is 0. The van der Waals surface area contributed by atoms with Crippen molar-refractivity contribution >= 4 is 11.6 Å². The van der Waals surface area contributed by atoms with E-state index in [9.17, 15) is 0 Å². The smallest absolute Gasteiger partial charge is 0.0327 e. The molecule has 6 rings (SSSR count). The molecule has 2 aliphatic rings. The molecular weight excluding hydrogens is 540 g/mol. The van der Waals surface area contributed by atoms with E-state index in [1.165, 1.54) is 66.1 Å². The molecule has 0 heteroatoms. The van der Waals surface area contributed by atoms with Crippen LogP contribution in [0, 0.1) is 5.41 Å². The Bertz CT molecular complexity index is 1900. The van der Waals surface area contributed by atoms with Crippen molar-refractivity contribution in [1.29, 1.82) is 0 Å². The molecule has 45 heavy (non-hydrogen) atoms. The Hall–Kier alpha value is -3.90. The molecule has 4 aromatic carbocycles. The van der Waals surface area contributed by atoms with Crippen LogP contribution in [-0.4, -0.2) is 0 Å². The summed E-state index contributed by atoms with van der Waals surface area (Å²) < 4.78 is 0. The van der Waals surface area contributed by atoms with Crippen molar-refractivity contribution in [3.63, 3.8) is 0 Å². The minimum Gasteiger partial charge on any atom is -0.0699 e. The molecule has 1 atom stereocenters. The predicted molar refractivity (Wildman–Crippen MR) is 195 cm³/mol. The van der Waals surface area contributed by atoms with Crippen molar-refractivity contribution in [2.75, 3.05) is 0 Å². The second kappa shape index (κ2) is 10.9. The van der Waals surface area contributed by atoms with Gasteiger partial charge in [-0.2, -0.15) is 0 Å². The molecule has 0 spiro atoms. The molecule has 1 unspecified atom stereocenters. The molecule has 4 aromatic rings. The van der Waals surface area contributed by atoms with Crippen LogP contribution in [0.4, 0.5) is 0 Å². The lowest BCUT2D eigenvalue weighted by Gasteiger charge is -2.35. The molecule has 0 aliphatic heterocycles. The van der Waals surface area contributed by atoms with E-state index >= 15 is 0 Å². The summed E-state index contributed by atoms with van der Waals surface area (Å²) in [6.45, 7) is 23.6. The molecule has 0 saturated heterocycles. The summed E-state index contributed by atoms with van der Waals surface area (Å²) in [5.74, 6) is 0. The first kappa shape index (κ1) is 31.1. The normalized spacial score (nSPS) is 17.5. The quantitative estimate of drug-likeness (QED) is 0.195. The van der Waals surface area contributed by atoms with Crippen LogP contribution in [-0.2, 0) is 16.2 Å². The highest BCUT2D eigenvalue weighted by Gasteiger charge is 2.39. The number of rotatable bonds is 4. The fourth-order valence-corrected chi connectivity index (χ4v) is 7.40. The van der Waals surface area contributed by atoms with Gasteiger partial charge in [-0.05, 0) is 101 Å². The number of hydrogen-bond donors (Lipinski definition) is 0. The number of fused-ring (bicyclic) bond motifs is 3. The maximum atomic E-state index is 2.60. The Morgan fingerprint density at radius 2 is 1.24 bits per heavy atom.